The van der Waals surface area contributed by atoms with Crippen LogP contribution in [-0.4, -0.2) is 31.5 Å². The van der Waals surface area contributed by atoms with Crippen LogP contribution in [0.2, 0.25) is 0 Å². The number of anilines is 1. The smallest absolute Gasteiger partial charge is 0.161 e. The summed E-state index contributed by atoms with van der Waals surface area (Å²) in [6, 6.07) is 8.44. The lowest BCUT2D eigenvalue weighted by Crippen LogP contribution is -2.11. The molecule has 0 saturated heterocycles. The Bertz CT molecular complexity index is 1140. The molecule has 1 aromatic carbocycles. The highest BCUT2D eigenvalue weighted by molar-refractivity contribution is 5.74. The molecule has 0 fully saturated rings. The van der Waals surface area contributed by atoms with Gasteiger partial charge in [0.2, 0.25) is 0 Å². The Morgan fingerprint density at radius 2 is 1.93 bits per heavy atom. The molecule has 5 rings (SSSR count). The zero-order valence-corrected chi connectivity index (χ0v) is 15.2. The number of rotatable bonds is 5. The van der Waals surface area contributed by atoms with Gasteiger partial charge in [-0.25, -0.2) is 19.3 Å². The van der Waals surface area contributed by atoms with Crippen molar-refractivity contribution in [3.63, 3.8) is 0 Å². The number of H-pyrrole nitrogens is 1. The second-order valence-corrected chi connectivity index (χ2v) is 6.93. The lowest BCUT2D eigenvalue weighted by atomic mass is 10.2. The molecule has 0 unspecified atom stereocenters. The molecule has 4 aromatic rings. The molecule has 0 spiro atoms. The number of aromatic nitrogens is 5. The lowest BCUT2D eigenvalue weighted by molar-refractivity contribution is 0.629. The van der Waals surface area contributed by atoms with Crippen LogP contribution >= 0.6 is 0 Å². The van der Waals surface area contributed by atoms with Gasteiger partial charge < -0.3 is 10.3 Å². The molecule has 1 aliphatic rings. The molecular weight excluding hydrogens is 355 g/mol. The van der Waals surface area contributed by atoms with Gasteiger partial charge in [-0.05, 0) is 49.6 Å². The molecular formula is C21H19FN6. The van der Waals surface area contributed by atoms with Gasteiger partial charge in [0.25, 0.3) is 0 Å². The summed E-state index contributed by atoms with van der Waals surface area (Å²) in [5, 5.41) is 3.46. The van der Waals surface area contributed by atoms with E-state index in [1.807, 2.05) is 12.1 Å². The molecule has 0 aliphatic heterocycles. The third-order valence-corrected chi connectivity index (χ3v) is 5.02. The van der Waals surface area contributed by atoms with Crippen molar-refractivity contribution >= 4 is 16.9 Å². The minimum atomic E-state index is -0.263. The van der Waals surface area contributed by atoms with E-state index >= 15 is 0 Å². The van der Waals surface area contributed by atoms with Crippen LogP contribution in [0.3, 0.4) is 0 Å². The first-order chi connectivity index (χ1) is 13.8. The fourth-order valence-electron chi connectivity index (χ4n) is 3.66. The predicted molar refractivity (Wildman–Crippen MR) is 106 cm³/mol. The number of hydrogen-bond donors (Lipinski definition) is 2. The van der Waals surface area contributed by atoms with Gasteiger partial charge in [-0.1, -0.05) is 0 Å². The lowest BCUT2D eigenvalue weighted by Gasteiger charge is -2.12. The van der Waals surface area contributed by atoms with E-state index in [2.05, 4.69) is 20.3 Å². The summed E-state index contributed by atoms with van der Waals surface area (Å²) in [5.41, 5.74) is 4.80. The highest BCUT2D eigenvalue weighted by atomic mass is 19.1. The summed E-state index contributed by atoms with van der Waals surface area (Å²) in [7, 11) is 0. The fraction of sp³-hybridized carbons (Fsp3) is 0.238. The van der Waals surface area contributed by atoms with Crippen molar-refractivity contribution < 1.29 is 4.39 Å². The number of halogens is 1. The summed E-state index contributed by atoms with van der Waals surface area (Å²) in [5.74, 6) is 2.19. The molecule has 0 radical (unpaired) electrons. The Morgan fingerprint density at radius 3 is 2.82 bits per heavy atom. The Hall–Kier alpha value is -3.35. The maximum Gasteiger partial charge on any atom is 0.161 e. The zero-order chi connectivity index (χ0) is 18.9. The van der Waals surface area contributed by atoms with Crippen LogP contribution in [0.1, 0.15) is 23.5 Å². The van der Waals surface area contributed by atoms with Crippen molar-refractivity contribution in [2.75, 3.05) is 11.9 Å². The Morgan fingerprint density at radius 1 is 1.04 bits per heavy atom. The van der Waals surface area contributed by atoms with E-state index in [4.69, 9.17) is 9.97 Å². The number of fused-ring (bicyclic) bond motifs is 2. The van der Waals surface area contributed by atoms with E-state index in [1.54, 1.807) is 18.5 Å². The molecule has 7 heteroatoms. The number of aryl methyl sites for hydroxylation is 1. The number of imidazole rings is 1. The van der Waals surface area contributed by atoms with Crippen molar-refractivity contribution in [2.45, 2.75) is 25.7 Å². The fourth-order valence-corrected chi connectivity index (χ4v) is 3.66. The highest BCUT2D eigenvalue weighted by Crippen LogP contribution is 2.29. The Kier molecular flexibility index (Phi) is 4.20. The van der Waals surface area contributed by atoms with E-state index in [0.717, 1.165) is 59.0 Å². The van der Waals surface area contributed by atoms with Crippen LogP contribution in [0.5, 0.6) is 0 Å². The predicted octanol–water partition coefficient (Wildman–Crippen LogP) is 3.70. The second-order valence-electron chi connectivity index (χ2n) is 6.93. The standard InChI is InChI=1S/C21H19FN6/c22-14-4-5-17-18(12-14)26-19(25-17)8-11-24-21-15-2-1-3-16(15)27-20(28-21)13-6-9-23-10-7-13/h4-7,9-10,12H,1-3,8,11H2,(H,25,26)(H,24,27,28). The Balaban J connectivity index is 1.36. The van der Waals surface area contributed by atoms with E-state index in [-0.39, 0.29) is 5.82 Å². The third kappa shape index (κ3) is 3.19. The number of nitrogens with one attached hydrogen (secondary N) is 2. The van der Waals surface area contributed by atoms with Crippen LogP contribution in [0.15, 0.2) is 42.7 Å². The topological polar surface area (TPSA) is 79.4 Å². The van der Waals surface area contributed by atoms with Crippen molar-refractivity contribution in [3.05, 3.63) is 65.6 Å². The largest absolute Gasteiger partial charge is 0.369 e. The maximum absolute atomic E-state index is 13.3. The van der Waals surface area contributed by atoms with E-state index in [9.17, 15) is 4.39 Å². The molecule has 1 aliphatic carbocycles. The van der Waals surface area contributed by atoms with Gasteiger partial charge in [0.15, 0.2) is 5.82 Å². The molecule has 28 heavy (non-hydrogen) atoms. The van der Waals surface area contributed by atoms with Crippen LogP contribution in [0.25, 0.3) is 22.4 Å². The number of benzene rings is 1. The third-order valence-electron chi connectivity index (χ3n) is 5.02. The van der Waals surface area contributed by atoms with Crippen molar-refractivity contribution in [3.8, 4) is 11.4 Å². The van der Waals surface area contributed by atoms with Crippen LogP contribution in [-0.2, 0) is 19.3 Å². The van der Waals surface area contributed by atoms with Gasteiger partial charge in [0.05, 0.1) is 11.0 Å². The first kappa shape index (κ1) is 16.8. The number of hydrogen-bond acceptors (Lipinski definition) is 5. The minimum absolute atomic E-state index is 0.263. The van der Waals surface area contributed by atoms with Crippen LogP contribution < -0.4 is 5.32 Å². The first-order valence-corrected chi connectivity index (χ1v) is 9.44. The summed E-state index contributed by atoms with van der Waals surface area (Å²) < 4.78 is 13.3. The molecule has 6 nitrogen and oxygen atoms in total. The molecule has 140 valence electrons. The summed E-state index contributed by atoms with van der Waals surface area (Å²) in [6.07, 6.45) is 7.29. The van der Waals surface area contributed by atoms with Gasteiger partial charge in [0.1, 0.15) is 17.5 Å². The van der Waals surface area contributed by atoms with Crippen molar-refractivity contribution in [1.29, 1.82) is 0 Å². The molecule has 0 atom stereocenters. The van der Waals surface area contributed by atoms with Crippen molar-refractivity contribution in [1.82, 2.24) is 24.9 Å². The average Bonchev–Trinajstić information content (AvgIpc) is 3.34. The normalized spacial score (nSPS) is 13.0. The molecule has 0 saturated carbocycles. The quantitative estimate of drug-likeness (QED) is 0.557. The van der Waals surface area contributed by atoms with Gasteiger partial charge in [-0.3, -0.25) is 4.98 Å². The van der Waals surface area contributed by atoms with Gasteiger partial charge in [0, 0.05) is 42.2 Å². The molecule has 0 amide bonds. The number of nitrogens with zero attached hydrogens (tertiary/aromatic N) is 4. The molecule has 2 N–H and O–H groups in total. The van der Waals surface area contributed by atoms with E-state index in [1.165, 1.54) is 17.7 Å². The van der Waals surface area contributed by atoms with E-state index in [0.29, 0.717) is 13.0 Å². The maximum atomic E-state index is 13.3. The summed E-state index contributed by atoms with van der Waals surface area (Å²) in [4.78, 5) is 21.3. The SMILES string of the molecule is Fc1ccc2nc(CCNc3nc(-c4ccncc4)nc4c3CCC4)[nH]c2c1. The van der Waals surface area contributed by atoms with Crippen molar-refractivity contribution in [2.24, 2.45) is 0 Å². The summed E-state index contributed by atoms with van der Waals surface area (Å²) in [6.45, 7) is 0.682. The molecule has 3 aromatic heterocycles. The summed E-state index contributed by atoms with van der Waals surface area (Å²) >= 11 is 0. The number of pyridine rings is 1. The van der Waals surface area contributed by atoms with Crippen LogP contribution in [0, 0.1) is 5.82 Å². The minimum Gasteiger partial charge on any atom is -0.369 e. The molecule has 0 bridgehead atoms. The number of aromatic amines is 1. The van der Waals surface area contributed by atoms with Gasteiger partial charge >= 0.3 is 0 Å². The van der Waals surface area contributed by atoms with E-state index < -0.39 is 0 Å². The molecule has 3 heterocycles. The van der Waals surface area contributed by atoms with Crippen LogP contribution in [0.4, 0.5) is 10.2 Å². The monoisotopic (exact) mass is 374 g/mol. The Labute approximate surface area is 161 Å². The van der Waals surface area contributed by atoms with Gasteiger partial charge in [-0.15, -0.1) is 0 Å². The zero-order valence-electron chi connectivity index (χ0n) is 15.2. The highest BCUT2D eigenvalue weighted by Gasteiger charge is 2.19. The average molecular weight is 374 g/mol. The van der Waals surface area contributed by atoms with Gasteiger partial charge in [-0.2, -0.15) is 0 Å². The first-order valence-electron chi connectivity index (χ1n) is 9.44. The second kappa shape index (κ2) is 6.99.